The summed E-state index contributed by atoms with van der Waals surface area (Å²) < 4.78 is 0. The number of carboxylic acids is 3. The minimum absolute atomic E-state index is 0.156. The van der Waals surface area contributed by atoms with Crippen molar-refractivity contribution in [2.45, 2.75) is 69.1 Å². The molecular formula is C18H38O9S3. The van der Waals surface area contributed by atoms with Crippen molar-refractivity contribution in [3.63, 3.8) is 0 Å². The maximum Gasteiger partial charge on any atom is 0.316 e. The highest BCUT2D eigenvalue weighted by molar-refractivity contribution is 7.82. The van der Waals surface area contributed by atoms with Crippen molar-refractivity contribution >= 4 is 55.8 Å². The van der Waals surface area contributed by atoms with Crippen LogP contribution in [0, 0.1) is 5.41 Å². The molecule has 30 heavy (non-hydrogen) atoms. The summed E-state index contributed by atoms with van der Waals surface area (Å²) in [4.78, 5) is 29.6. The lowest BCUT2D eigenvalue weighted by atomic mass is 9.88. The van der Waals surface area contributed by atoms with E-state index in [9.17, 15) is 14.4 Å². The summed E-state index contributed by atoms with van der Waals surface area (Å²) in [5.74, 6) is -2.53. The number of carbonyl (C=O) groups is 3. The van der Waals surface area contributed by atoms with Crippen LogP contribution < -0.4 is 0 Å². The highest BCUT2D eigenvalue weighted by Gasteiger charge is 2.24. The molecule has 12 heteroatoms. The molecule has 0 aromatic heterocycles. The van der Waals surface area contributed by atoms with Crippen LogP contribution >= 0.6 is 37.9 Å². The van der Waals surface area contributed by atoms with Crippen molar-refractivity contribution in [3.8, 4) is 0 Å². The fraction of sp³-hybridized carbons (Fsp3) is 0.833. The molecule has 6 N–H and O–H groups in total. The zero-order chi connectivity index (χ0) is 24.9. The number of aliphatic hydroxyl groups is 3. The summed E-state index contributed by atoms with van der Waals surface area (Å²) in [5, 5.41) is 48.8. The van der Waals surface area contributed by atoms with Crippen LogP contribution in [0.25, 0.3) is 0 Å². The number of carboxylic acid groups (broad SMARTS) is 3. The molecule has 0 fully saturated rings. The monoisotopic (exact) mass is 494 g/mol. The van der Waals surface area contributed by atoms with Gasteiger partial charge in [-0.05, 0) is 25.7 Å². The Morgan fingerprint density at radius 3 is 0.833 bits per heavy atom. The summed E-state index contributed by atoms with van der Waals surface area (Å²) in [5.41, 5.74) is -0.667. The zero-order valence-corrected chi connectivity index (χ0v) is 20.6. The third-order valence-corrected chi connectivity index (χ3v) is 5.53. The zero-order valence-electron chi connectivity index (χ0n) is 17.9. The first kappa shape index (κ1) is 36.7. The van der Waals surface area contributed by atoms with Crippen LogP contribution in [0.15, 0.2) is 0 Å². The molecule has 9 nitrogen and oxygen atoms in total. The molecule has 0 amide bonds. The van der Waals surface area contributed by atoms with Crippen LogP contribution in [0.3, 0.4) is 0 Å². The van der Waals surface area contributed by atoms with E-state index in [4.69, 9.17) is 30.6 Å². The smallest absolute Gasteiger partial charge is 0.316 e. The van der Waals surface area contributed by atoms with Gasteiger partial charge < -0.3 is 30.6 Å². The largest absolute Gasteiger partial charge is 0.480 e. The van der Waals surface area contributed by atoms with Gasteiger partial charge in [-0.3, -0.25) is 14.4 Å². The lowest BCUT2D eigenvalue weighted by molar-refractivity contribution is -0.137. The number of aliphatic hydroxyl groups excluding tert-OH is 3. The predicted octanol–water partition coefficient (Wildman–Crippen LogP) is 1.70. The highest BCUT2D eigenvalue weighted by atomic mass is 32.1. The second-order valence-electron chi connectivity index (χ2n) is 6.11. The van der Waals surface area contributed by atoms with E-state index in [2.05, 4.69) is 37.9 Å². The Labute approximate surface area is 195 Å². The molecule has 0 aromatic carbocycles. The van der Waals surface area contributed by atoms with Crippen molar-refractivity contribution in [1.29, 1.82) is 0 Å². The van der Waals surface area contributed by atoms with E-state index in [1.165, 1.54) is 0 Å². The Hall–Kier alpha value is -0.660. The molecule has 0 saturated carbocycles. The average Bonchev–Trinajstić information content (AvgIpc) is 2.74. The second-order valence-corrected chi connectivity index (χ2v) is 7.98. The molecule has 0 bridgehead atoms. The van der Waals surface area contributed by atoms with E-state index in [-0.39, 0.29) is 19.8 Å². The van der Waals surface area contributed by atoms with Gasteiger partial charge in [0.1, 0.15) is 0 Å². The van der Waals surface area contributed by atoms with Gasteiger partial charge in [0.2, 0.25) is 0 Å². The molecule has 0 aliphatic rings. The van der Waals surface area contributed by atoms with Crippen LogP contribution in [0.4, 0.5) is 0 Å². The molecular weight excluding hydrogens is 456 g/mol. The topological polar surface area (TPSA) is 173 Å². The molecule has 0 aliphatic heterocycles. The number of thiol groups is 3. The first-order valence-electron chi connectivity index (χ1n) is 9.34. The van der Waals surface area contributed by atoms with Gasteiger partial charge in [-0.15, -0.1) is 0 Å². The van der Waals surface area contributed by atoms with Crippen LogP contribution in [-0.4, -0.2) is 84.1 Å². The molecule has 0 spiro atoms. The second kappa shape index (κ2) is 23.0. The molecule has 0 aromatic rings. The number of aliphatic carboxylic acids is 3. The first-order chi connectivity index (χ1) is 13.8. The SMILES string of the molecule is CCC(CO)(CO)CO.CCC(S)C(=O)O.CCC(S)C(=O)O.CCC(S)C(=O)O. The molecule has 0 rings (SSSR count). The van der Waals surface area contributed by atoms with Gasteiger partial charge in [0, 0.05) is 5.41 Å². The fourth-order valence-corrected chi connectivity index (χ4v) is 1.01. The van der Waals surface area contributed by atoms with Crippen molar-refractivity contribution in [3.05, 3.63) is 0 Å². The van der Waals surface area contributed by atoms with Crippen LogP contribution in [-0.2, 0) is 14.4 Å². The van der Waals surface area contributed by atoms with Crippen molar-refractivity contribution < 1.29 is 45.0 Å². The minimum atomic E-state index is -0.842. The lowest BCUT2D eigenvalue weighted by Crippen LogP contribution is -2.32. The Balaban J connectivity index is -0.000000151. The maximum atomic E-state index is 9.85. The Bertz CT molecular complexity index is 382. The summed E-state index contributed by atoms with van der Waals surface area (Å²) in [6.45, 7) is 6.70. The average molecular weight is 495 g/mol. The van der Waals surface area contributed by atoms with E-state index in [1.807, 2.05) is 6.92 Å². The summed E-state index contributed by atoms with van der Waals surface area (Å²) in [6, 6.07) is 0. The Kier molecular flexibility index (Phi) is 28.2. The molecule has 3 unspecified atom stereocenters. The Morgan fingerprint density at radius 2 is 0.833 bits per heavy atom. The number of hydrogen-bond acceptors (Lipinski definition) is 9. The van der Waals surface area contributed by atoms with Crippen LogP contribution in [0.1, 0.15) is 53.4 Å². The quantitative estimate of drug-likeness (QED) is 0.205. The third-order valence-electron chi connectivity index (χ3n) is 3.77. The van der Waals surface area contributed by atoms with E-state index in [1.54, 1.807) is 20.8 Å². The molecule has 0 aliphatic carbocycles. The lowest BCUT2D eigenvalue weighted by Gasteiger charge is -2.24. The Morgan fingerprint density at radius 1 is 0.633 bits per heavy atom. The molecule has 0 heterocycles. The summed E-state index contributed by atoms with van der Waals surface area (Å²) in [6.07, 6.45) is 2.34. The van der Waals surface area contributed by atoms with E-state index >= 15 is 0 Å². The van der Waals surface area contributed by atoms with Gasteiger partial charge in [-0.25, -0.2) is 0 Å². The summed E-state index contributed by atoms with van der Waals surface area (Å²) in [7, 11) is 0. The van der Waals surface area contributed by atoms with Gasteiger partial charge in [0.25, 0.3) is 0 Å². The first-order valence-corrected chi connectivity index (χ1v) is 10.9. The van der Waals surface area contributed by atoms with Crippen molar-refractivity contribution in [2.75, 3.05) is 19.8 Å². The summed E-state index contributed by atoms with van der Waals surface area (Å²) >= 11 is 11.2. The number of rotatable bonds is 10. The molecule has 0 saturated heterocycles. The van der Waals surface area contributed by atoms with Gasteiger partial charge in [-0.1, -0.05) is 27.7 Å². The number of hydrogen-bond donors (Lipinski definition) is 9. The molecule has 182 valence electrons. The van der Waals surface area contributed by atoms with Crippen LogP contribution in [0.2, 0.25) is 0 Å². The van der Waals surface area contributed by atoms with E-state index in [0.717, 1.165) is 0 Å². The van der Waals surface area contributed by atoms with E-state index in [0.29, 0.717) is 25.7 Å². The highest BCUT2D eigenvalue weighted by Crippen LogP contribution is 2.18. The fourth-order valence-electron chi connectivity index (χ4n) is 1.01. The predicted molar refractivity (Wildman–Crippen MR) is 126 cm³/mol. The van der Waals surface area contributed by atoms with E-state index < -0.39 is 39.1 Å². The standard InChI is InChI=1S/C6H14O3.3C4H8O2S/c1-2-6(3-7,4-8)5-9;3*1-2-3(7)4(5)6/h7-9H,2-5H2,1H3;3*3,7H,2H2,1H3,(H,5,6). The normalized spacial score (nSPS) is 13.0. The van der Waals surface area contributed by atoms with Crippen molar-refractivity contribution in [2.24, 2.45) is 5.41 Å². The molecule has 0 radical (unpaired) electrons. The minimum Gasteiger partial charge on any atom is -0.480 e. The third kappa shape index (κ3) is 22.0. The van der Waals surface area contributed by atoms with Gasteiger partial charge >= 0.3 is 17.9 Å². The van der Waals surface area contributed by atoms with Crippen LogP contribution in [0.5, 0.6) is 0 Å². The van der Waals surface area contributed by atoms with Gasteiger partial charge in [0.05, 0.1) is 35.6 Å². The van der Waals surface area contributed by atoms with Crippen molar-refractivity contribution in [1.82, 2.24) is 0 Å². The molecule has 3 atom stereocenters. The maximum absolute atomic E-state index is 9.85. The van der Waals surface area contributed by atoms with Gasteiger partial charge in [-0.2, -0.15) is 37.9 Å². The van der Waals surface area contributed by atoms with Gasteiger partial charge in [0.15, 0.2) is 0 Å².